The molecule has 0 aliphatic carbocycles. The van der Waals surface area contributed by atoms with E-state index in [2.05, 4.69) is 10.1 Å². The van der Waals surface area contributed by atoms with Crippen LogP contribution in [0.25, 0.3) is 0 Å². The SMILES string of the molecule is Cc1ccc(C(=O)N2CCC(c3nn(C)c(=O)n3C(C)C)CC2)cn1. The molecule has 3 heterocycles. The van der Waals surface area contributed by atoms with Crippen molar-refractivity contribution < 1.29 is 4.79 Å². The summed E-state index contributed by atoms with van der Waals surface area (Å²) in [4.78, 5) is 30.9. The predicted molar refractivity (Wildman–Crippen MR) is 94.7 cm³/mol. The normalized spacial score (nSPS) is 15.8. The lowest BCUT2D eigenvalue weighted by Gasteiger charge is -2.32. The van der Waals surface area contributed by atoms with Crippen molar-refractivity contribution in [2.75, 3.05) is 13.1 Å². The lowest BCUT2D eigenvalue weighted by molar-refractivity contribution is 0.0709. The zero-order chi connectivity index (χ0) is 18.1. The number of aromatic nitrogens is 4. The lowest BCUT2D eigenvalue weighted by Crippen LogP contribution is -2.38. The summed E-state index contributed by atoms with van der Waals surface area (Å²) in [6, 6.07) is 3.76. The van der Waals surface area contributed by atoms with Gasteiger partial charge in [-0.05, 0) is 45.7 Å². The number of carbonyl (C=O) groups is 1. The minimum atomic E-state index is -0.0748. The smallest absolute Gasteiger partial charge is 0.339 e. The molecule has 0 aromatic carbocycles. The molecule has 1 fully saturated rings. The number of hydrogen-bond donors (Lipinski definition) is 0. The van der Waals surface area contributed by atoms with Crippen LogP contribution in [0.2, 0.25) is 0 Å². The molecular formula is C18H25N5O2. The summed E-state index contributed by atoms with van der Waals surface area (Å²) in [5.74, 6) is 1.07. The second kappa shape index (κ2) is 6.82. The topological polar surface area (TPSA) is 73.0 Å². The molecular weight excluding hydrogens is 318 g/mol. The molecule has 2 aromatic heterocycles. The van der Waals surface area contributed by atoms with Crippen LogP contribution in [-0.4, -0.2) is 43.2 Å². The van der Waals surface area contributed by atoms with Crippen molar-refractivity contribution in [1.29, 1.82) is 0 Å². The molecule has 0 N–H and O–H groups in total. The Kier molecular flexibility index (Phi) is 4.74. The molecule has 7 heteroatoms. The Morgan fingerprint density at radius 3 is 2.48 bits per heavy atom. The maximum absolute atomic E-state index is 12.6. The maximum Gasteiger partial charge on any atom is 0.345 e. The van der Waals surface area contributed by atoms with Gasteiger partial charge in [-0.15, -0.1) is 0 Å². The molecule has 1 aliphatic rings. The Labute approximate surface area is 147 Å². The third-order valence-electron chi connectivity index (χ3n) is 4.80. The molecule has 3 rings (SSSR count). The van der Waals surface area contributed by atoms with Crippen molar-refractivity contribution in [1.82, 2.24) is 24.2 Å². The van der Waals surface area contributed by atoms with Crippen molar-refractivity contribution >= 4 is 5.91 Å². The van der Waals surface area contributed by atoms with Gasteiger partial charge in [-0.3, -0.25) is 14.3 Å². The Balaban J connectivity index is 1.72. The summed E-state index contributed by atoms with van der Waals surface area (Å²) < 4.78 is 3.18. The average Bonchev–Trinajstić information content (AvgIpc) is 2.90. The van der Waals surface area contributed by atoms with Gasteiger partial charge < -0.3 is 4.90 Å². The van der Waals surface area contributed by atoms with Crippen LogP contribution in [0, 0.1) is 6.92 Å². The van der Waals surface area contributed by atoms with E-state index in [1.54, 1.807) is 17.8 Å². The molecule has 0 bridgehead atoms. The van der Waals surface area contributed by atoms with E-state index in [4.69, 9.17) is 0 Å². The van der Waals surface area contributed by atoms with E-state index >= 15 is 0 Å². The van der Waals surface area contributed by atoms with Crippen LogP contribution in [-0.2, 0) is 7.05 Å². The fourth-order valence-corrected chi connectivity index (χ4v) is 3.38. The summed E-state index contributed by atoms with van der Waals surface area (Å²) in [7, 11) is 1.69. The van der Waals surface area contributed by atoms with Gasteiger partial charge in [0.25, 0.3) is 5.91 Å². The van der Waals surface area contributed by atoms with E-state index in [0.29, 0.717) is 18.7 Å². The summed E-state index contributed by atoms with van der Waals surface area (Å²) >= 11 is 0. The summed E-state index contributed by atoms with van der Waals surface area (Å²) in [5.41, 5.74) is 1.45. The molecule has 0 unspecified atom stereocenters. The number of amides is 1. The number of nitrogens with zero attached hydrogens (tertiary/aromatic N) is 5. The Bertz CT molecular complexity index is 811. The second-order valence-electron chi connectivity index (χ2n) is 6.98. The number of aryl methyl sites for hydroxylation is 2. The quantitative estimate of drug-likeness (QED) is 0.853. The summed E-state index contributed by atoms with van der Waals surface area (Å²) in [6.45, 7) is 7.23. The molecule has 134 valence electrons. The minimum absolute atomic E-state index is 0.0215. The van der Waals surface area contributed by atoms with Gasteiger partial charge >= 0.3 is 5.69 Å². The van der Waals surface area contributed by atoms with Gasteiger partial charge in [-0.2, -0.15) is 5.10 Å². The van der Waals surface area contributed by atoms with Crippen molar-refractivity contribution in [3.05, 3.63) is 45.9 Å². The van der Waals surface area contributed by atoms with E-state index in [1.165, 1.54) is 4.68 Å². The van der Waals surface area contributed by atoms with Crippen molar-refractivity contribution in [2.24, 2.45) is 7.05 Å². The van der Waals surface area contributed by atoms with Gasteiger partial charge in [0.1, 0.15) is 5.82 Å². The zero-order valence-corrected chi connectivity index (χ0v) is 15.3. The largest absolute Gasteiger partial charge is 0.345 e. The van der Waals surface area contributed by atoms with Gasteiger partial charge in [0, 0.05) is 44.0 Å². The number of hydrogen-bond acceptors (Lipinski definition) is 4. The first-order valence-corrected chi connectivity index (χ1v) is 8.76. The number of likely N-dealkylation sites (tertiary alicyclic amines) is 1. The van der Waals surface area contributed by atoms with Crippen molar-refractivity contribution in [3.8, 4) is 0 Å². The summed E-state index contributed by atoms with van der Waals surface area (Å²) in [5, 5.41) is 4.45. The molecule has 0 saturated carbocycles. The highest BCUT2D eigenvalue weighted by Gasteiger charge is 2.29. The Morgan fingerprint density at radius 2 is 1.92 bits per heavy atom. The molecule has 25 heavy (non-hydrogen) atoms. The maximum atomic E-state index is 12.6. The minimum Gasteiger partial charge on any atom is -0.339 e. The van der Waals surface area contributed by atoms with E-state index in [-0.39, 0.29) is 23.6 Å². The third-order valence-corrected chi connectivity index (χ3v) is 4.80. The molecule has 1 amide bonds. The first kappa shape index (κ1) is 17.4. The number of pyridine rings is 1. The van der Waals surface area contributed by atoms with Gasteiger partial charge in [0.05, 0.1) is 5.56 Å². The van der Waals surface area contributed by atoms with Gasteiger partial charge in [0.2, 0.25) is 0 Å². The van der Waals surface area contributed by atoms with E-state index in [9.17, 15) is 9.59 Å². The third kappa shape index (κ3) is 3.36. The van der Waals surface area contributed by atoms with Crippen LogP contribution in [0.15, 0.2) is 23.1 Å². The van der Waals surface area contributed by atoms with Crippen molar-refractivity contribution in [3.63, 3.8) is 0 Å². The lowest BCUT2D eigenvalue weighted by atomic mass is 9.95. The van der Waals surface area contributed by atoms with Crippen LogP contribution >= 0.6 is 0 Å². The molecule has 0 atom stereocenters. The predicted octanol–water partition coefficient (Wildman–Crippen LogP) is 1.89. The fourth-order valence-electron chi connectivity index (χ4n) is 3.38. The number of piperidine rings is 1. The molecule has 0 radical (unpaired) electrons. The second-order valence-corrected chi connectivity index (χ2v) is 6.98. The monoisotopic (exact) mass is 343 g/mol. The van der Waals surface area contributed by atoms with Crippen LogP contribution in [0.3, 0.4) is 0 Å². The fraction of sp³-hybridized carbons (Fsp3) is 0.556. The first-order chi connectivity index (χ1) is 11.9. The number of rotatable bonds is 3. The standard InChI is InChI=1S/C18H25N5O2/c1-12(2)23-16(20-21(4)18(23)25)14-7-9-22(10-8-14)17(24)15-6-5-13(3)19-11-15/h5-6,11-12,14H,7-10H2,1-4H3. The molecule has 7 nitrogen and oxygen atoms in total. The van der Waals surface area contributed by atoms with Crippen LogP contribution in [0.4, 0.5) is 0 Å². The first-order valence-electron chi connectivity index (χ1n) is 8.76. The Morgan fingerprint density at radius 1 is 1.24 bits per heavy atom. The van der Waals surface area contributed by atoms with E-state index < -0.39 is 0 Å². The Hall–Kier alpha value is -2.44. The highest BCUT2D eigenvalue weighted by atomic mass is 16.2. The average molecular weight is 343 g/mol. The van der Waals surface area contributed by atoms with Crippen LogP contribution in [0.1, 0.15) is 60.5 Å². The molecule has 2 aromatic rings. The molecule has 0 spiro atoms. The van der Waals surface area contributed by atoms with Crippen LogP contribution in [0.5, 0.6) is 0 Å². The highest BCUT2D eigenvalue weighted by molar-refractivity contribution is 5.94. The molecule has 1 aliphatic heterocycles. The van der Waals surface area contributed by atoms with Gasteiger partial charge in [0.15, 0.2) is 0 Å². The van der Waals surface area contributed by atoms with Crippen molar-refractivity contribution in [2.45, 2.75) is 45.6 Å². The van der Waals surface area contributed by atoms with Crippen LogP contribution < -0.4 is 5.69 Å². The molecule has 1 saturated heterocycles. The summed E-state index contributed by atoms with van der Waals surface area (Å²) in [6.07, 6.45) is 3.27. The number of carbonyl (C=O) groups excluding carboxylic acids is 1. The highest BCUT2D eigenvalue weighted by Crippen LogP contribution is 2.28. The van der Waals surface area contributed by atoms with E-state index in [0.717, 1.165) is 24.4 Å². The van der Waals surface area contributed by atoms with E-state index in [1.807, 2.05) is 37.8 Å². The zero-order valence-electron chi connectivity index (χ0n) is 15.3. The van der Waals surface area contributed by atoms with Gasteiger partial charge in [-0.25, -0.2) is 9.48 Å². The van der Waals surface area contributed by atoms with Gasteiger partial charge in [-0.1, -0.05) is 0 Å².